The molecule has 2 aliphatic rings. The molecule has 3 aromatic heterocycles. The second-order valence-electron chi connectivity index (χ2n) is 8.88. The van der Waals surface area contributed by atoms with Crippen LogP contribution in [0.1, 0.15) is 72.9 Å². The summed E-state index contributed by atoms with van der Waals surface area (Å²) in [6, 6.07) is 0.498. The maximum atomic E-state index is 13.0. The number of fused-ring (bicyclic) bond motifs is 1. The number of nitrogens with zero attached hydrogens (tertiary/aromatic N) is 6. The Morgan fingerprint density at radius 1 is 1.18 bits per heavy atom. The molecule has 174 valence electrons. The molecule has 33 heavy (non-hydrogen) atoms. The zero-order valence-electron chi connectivity index (χ0n) is 18.3. The predicted octanol–water partition coefficient (Wildman–Crippen LogP) is 4.95. The van der Waals surface area contributed by atoms with Crippen LogP contribution in [0.3, 0.4) is 0 Å². The van der Waals surface area contributed by atoms with Gasteiger partial charge in [-0.2, -0.15) is 18.3 Å². The van der Waals surface area contributed by atoms with Crippen LogP contribution in [0.2, 0.25) is 0 Å². The van der Waals surface area contributed by atoms with Crippen molar-refractivity contribution < 1.29 is 17.9 Å². The molecular formula is C23H25F3N6O. The molecule has 1 aliphatic carbocycles. The van der Waals surface area contributed by atoms with E-state index in [2.05, 4.69) is 37.8 Å². The van der Waals surface area contributed by atoms with Gasteiger partial charge >= 0.3 is 6.18 Å². The lowest BCUT2D eigenvalue weighted by Crippen LogP contribution is -2.21. The Hall–Kier alpha value is -2.88. The number of aromatic nitrogens is 6. The number of rotatable bonds is 6. The summed E-state index contributed by atoms with van der Waals surface area (Å²) >= 11 is 0. The summed E-state index contributed by atoms with van der Waals surface area (Å²) in [5.41, 5.74) is 2.26. The molecule has 0 aromatic carbocycles. The van der Waals surface area contributed by atoms with Crippen LogP contribution in [-0.4, -0.2) is 42.5 Å². The van der Waals surface area contributed by atoms with Crippen LogP contribution in [-0.2, 0) is 11.2 Å². The van der Waals surface area contributed by atoms with E-state index in [1.54, 1.807) is 13.1 Å². The van der Waals surface area contributed by atoms with Crippen LogP contribution in [0.5, 0.6) is 0 Å². The highest BCUT2D eigenvalue weighted by Crippen LogP contribution is 2.39. The van der Waals surface area contributed by atoms with Gasteiger partial charge in [0.2, 0.25) is 0 Å². The molecule has 5 rings (SSSR count). The van der Waals surface area contributed by atoms with E-state index >= 15 is 0 Å². The third-order valence-electron chi connectivity index (χ3n) is 6.25. The van der Waals surface area contributed by atoms with Crippen LogP contribution < -0.4 is 0 Å². The zero-order chi connectivity index (χ0) is 23.2. The standard InChI is InChI=1S/C23H25F3N6O/c1-13(23(24,25)26)3-6-18-20-22(29-14(2)10-27-20)31-21(30-18)15-7-8-33-19(9-15)16-11-28-32(12-16)17-4-5-17/h10-12,15,17,19H,1,3-9H2,2H3. The minimum Gasteiger partial charge on any atom is -0.373 e. The molecule has 0 amide bonds. The van der Waals surface area contributed by atoms with Gasteiger partial charge in [-0.15, -0.1) is 0 Å². The maximum Gasteiger partial charge on any atom is 0.412 e. The number of ether oxygens (including phenoxy) is 1. The topological polar surface area (TPSA) is 78.6 Å². The van der Waals surface area contributed by atoms with Gasteiger partial charge in [0.05, 0.1) is 29.7 Å². The van der Waals surface area contributed by atoms with Crippen molar-refractivity contribution in [3.63, 3.8) is 0 Å². The van der Waals surface area contributed by atoms with Crippen LogP contribution in [0.15, 0.2) is 30.7 Å². The lowest BCUT2D eigenvalue weighted by atomic mass is 9.92. The Balaban J connectivity index is 1.42. The van der Waals surface area contributed by atoms with Crippen LogP contribution >= 0.6 is 0 Å². The van der Waals surface area contributed by atoms with E-state index in [1.165, 1.54) is 0 Å². The van der Waals surface area contributed by atoms with E-state index in [0.29, 0.717) is 47.4 Å². The van der Waals surface area contributed by atoms with Gasteiger partial charge in [-0.05, 0) is 45.4 Å². The summed E-state index contributed by atoms with van der Waals surface area (Å²) < 4.78 is 46.9. The van der Waals surface area contributed by atoms with E-state index in [-0.39, 0.29) is 24.9 Å². The first kappa shape index (κ1) is 21.9. The lowest BCUT2D eigenvalue weighted by molar-refractivity contribution is -0.0935. The summed E-state index contributed by atoms with van der Waals surface area (Å²) in [6.07, 6.45) is 4.49. The van der Waals surface area contributed by atoms with E-state index in [0.717, 1.165) is 24.8 Å². The quantitative estimate of drug-likeness (QED) is 0.487. The van der Waals surface area contributed by atoms with E-state index in [4.69, 9.17) is 4.74 Å². The van der Waals surface area contributed by atoms with Crippen molar-refractivity contribution in [3.8, 4) is 0 Å². The minimum atomic E-state index is -4.42. The van der Waals surface area contributed by atoms with Crippen molar-refractivity contribution in [2.75, 3.05) is 6.61 Å². The third-order valence-corrected chi connectivity index (χ3v) is 6.25. The maximum absolute atomic E-state index is 13.0. The zero-order valence-corrected chi connectivity index (χ0v) is 18.3. The number of allylic oxidation sites excluding steroid dienone is 1. The predicted molar refractivity (Wildman–Crippen MR) is 115 cm³/mol. The summed E-state index contributed by atoms with van der Waals surface area (Å²) in [5, 5.41) is 4.46. The first-order valence-corrected chi connectivity index (χ1v) is 11.2. The Morgan fingerprint density at radius 3 is 2.76 bits per heavy atom. The highest BCUT2D eigenvalue weighted by molar-refractivity contribution is 5.72. The van der Waals surface area contributed by atoms with Crippen molar-refractivity contribution in [3.05, 3.63) is 53.5 Å². The molecule has 10 heteroatoms. The minimum absolute atomic E-state index is 0.00399. The first-order valence-electron chi connectivity index (χ1n) is 11.2. The molecule has 1 aliphatic heterocycles. The molecule has 0 bridgehead atoms. The number of hydrogen-bond acceptors (Lipinski definition) is 6. The first-order chi connectivity index (χ1) is 15.8. The molecule has 2 fully saturated rings. The molecule has 0 radical (unpaired) electrons. The van der Waals surface area contributed by atoms with Crippen molar-refractivity contribution in [1.29, 1.82) is 0 Å². The fraction of sp³-hybridized carbons (Fsp3) is 0.522. The average Bonchev–Trinajstić information content (AvgIpc) is 3.52. The molecule has 7 nitrogen and oxygen atoms in total. The molecule has 2 unspecified atom stereocenters. The van der Waals surface area contributed by atoms with Gasteiger partial charge in [0, 0.05) is 36.1 Å². The van der Waals surface area contributed by atoms with Crippen molar-refractivity contribution in [2.45, 2.75) is 69.7 Å². The highest BCUT2D eigenvalue weighted by Gasteiger charge is 2.33. The van der Waals surface area contributed by atoms with E-state index in [1.807, 2.05) is 10.9 Å². The van der Waals surface area contributed by atoms with Crippen LogP contribution in [0.25, 0.3) is 11.2 Å². The SMILES string of the molecule is C=C(CCc1nc(C2CCOC(c3cnn(C4CC4)c3)C2)nc2nc(C)cnc12)C(F)(F)F. The van der Waals surface area contributed by atoms with Gasteiger partial charge in [0.15, 0.2) is 5.65 Å². The molecule has 2 atom stereocenters. The normalized spacial score (nSPS) is 21.5. The highest BCUT2D eigenvalue weighted by atomic mass is 19.4. The number of halogens is 3. The molecular weight excluding hydrogens is 433 g/mol. The fourth-order valence-electron chi connectivity index (χ4n) is 4.16. The number of hydrogen-bond donors (Lipinski definition) is 0. The average molecular weight is 458 g/mol. The summed E-state index contributed by atoms with van der Waals surface area (Å²) in [4.78, 5) is 18.2. The molecule has 4 heterocycles. The second-order valence-corrected chi connectivity index (χ2v) is 8.88. The second kappa shape index (κ2) is 8.48. The van der Waals surface area contributed by atoms with Crippen LogP contribution in [0, 0.1) is 6.92 Å². The van der Waals surface area contributed by atoms with Crippen molar-refractivity contribution in [2.24, 2.45) is 0 Å². The Labute approximate surface area is 189 Å². The van der Waals surface area contributed by atoms with Gasteiger partial charge < -0.3 is 4.74 Å². The molecule has 3 aromatic rings. The molecule has 1 saturated heterocycles. The summed E-state index contributed by atoms with van der Waals surface area (Å²) in [7, 11) is 0. The Kier molecular flexibility index (Phi) is 5.64. The summed E-state index contributed by atoms with van der Waals surface area (Å²) in [6.45, 7) is 5.53. The van der Waals surface area contributed by atoms with Gasteiger partial charge in [-0.1, -0.05) is 6.58 Å². The van der Waals surface area contributed by atoms with Gasteiger partial charge in [0.1, 0.15) is 11.3 Å². The number of alkyl halides is 3. The van der Waals surface area contributed by atoms with E-state index in [9.17, 15) is 13.2 Å². The van der Waals surface area contributed by atoms with E-state index < -0.39 is 11.7 Å². The van der Waals surface area contributed by atoms with Crippen molar-refractivity contribution in [1.82, 2.24) is 29.7 Å². The van der Waals surface area contributed by atoms with Crippen molar-refractivity contribution >= 4 is 11.2 Å². The largest absolute Gasteiger partial charge is 0.412 e. The smallest absolute Gasteiger partial charge is 0.373 e. The monoisotopic (exact) mass is 458 g/mol. The Bertz CT molecular complexity index is 1190. The Morgan fingerprint density at radius 2 is 2.00 bits per heavy atom. The third kappa shape index (κ3) is 4.75. The fourth-order valence-corrected chi connectivity index (χ4v) is 4.16. The number of aryl methyl sites for hydroxylation is 2. The van der Waals surface area contributed by atoms with Crippen LogP contribution in [0.4, 0.5) is 13.2 Å². The summed E-state index contributed by atoms with van der Waals surface area (Å²) in [5.74, 6) is 0.585. The molecule has 0 spiro atoms. The van der Waals surface area contributed by atoms with Gasteiger partial charge in [0.25, 0.3) is 0 Å². The molecule has 0 N–H and O–H groups in total. The van der Waals surface area contributed by atoms with Gasteiger partial charge in [-0.3, -0.25) is 4.68 Å². The van der Waals surface area contributed by atoms with Gasteiger partial charge in [-0.25, -0.2) is 19.9 Å². The lowest BCUT2D eigenvalue weighted by Gasteiger charge is -2.28. The molecule has 1 saturated carbocycles.